The summed E-state index contributed by atoms with van der Waals surface area (Å²) in [6.45, 7) is 5.60. The van der Waals surface area contributed by atoms with E-state index in [2.05, 4.69) is 29.3 Å². The van der Waals surface area contributed by atoms with Gasteiger partial charge in [0.25, 0.3) is 5.91 Å². The van der Waals surface area contributed by atoms with Crippen molar-refractivity contribution in [2.45, 2.75) is 19.9 Å². The van der Waals surface area contributed by atoms with Crippen molar-refractivity contribution in [3.05, 3.63) is 70.9 Å². The number of carbonyl (C=O) groups is 1. The number of H-pyrrole nitrogens is 1. The average molecular weight is 391 g/mol. The minimum absolute atomic E-state index is 0.0539. The fourth-order valence-electron chi connectivity index (χ4n) is 3.81. The molecular formula is C23H25N3O3. The molecule has 3 aromatic rings. The van der Waals surface area contributed by atoms with Gasteiger partial charge in [0.1, 0.15) is 11.4 Å². The number of rotatable bonds is 7. The Bertz CT molecular complexity index is 993. The third kappa shape index (κ3) is 3.51. The molecule has 0 aliphatic carbocycles. The van der Waals surface area contributed by atoms with E-state index in [1.807, 2.05) is 48.2 Å². The summed E-state index contributed by atoms with van der Waals surface area (Å²) in [4.78, 5) is 15.0. The van der Waals surface area contributed by atoms with Crippen LogP contribution in [0.15, 0.2) is 48.5 Å². The summed E-state index contributed by atoms with van der Waals surface area (Å²) in [5.74, 6) is 0.761. The van der Waals surface area contributed by atoms with Crippen molar-refractivity contribution in [2.75, 3.05) is 26.9 Å². The Kier molecular flexibility index (Phi) is 5.36. The normalized spacial score (nSPS) is 15.6. The number of hydrogen-bond donors (Lipinski definition) is 1. The lowest BCUT2D eigenvalue weighted by Crippen LogP contribution is -2.32. The van der Waals surface area contributed by atoms with Gasteiger partial charge in [-0.15, -0.1) is 0 Å². The maximum absolute atomic E-state index is 13.1. The molecule has 0 radical (unpaired) electrons. The molecule has 1 atom stereocenters. The minimum Gasteiger partial charge on any atom is -0.494 e. The van der Waals surface area contributed by atoms with Gasteiger partial charge in [0.2, 0.25) is 0 Å². The van der Waals surface area contributed by atoms with Crippen LogP contribution in [0.25, 0.3) is 11.3 Å². The summed E-state index contributed by atoms with van der Waals surface area (Å²) in [7, 11) is 1.64. The van der Waals surface area contributed by atoms with E-state index in [-0.39, 0.29) is 11.9 Å². The molecule has 2 heterocycles. The van der Waals surface area contributed by atoms with Gasteiger partial charge in [-0.1, -0.05) is 42.0 Å². The monoisotopic (exact) mass is 391 g/mol. The van der Waals surface area contributed by atoms with Crippen molar-refractivity contribution in [1.82, 2.24) is 15.1 Å². The Morgan fingerprint density at radius 1 is 1.10 bits per heavy atom. The average Bonchev–Trinajstić information content (AvgIpc) is 3.27. The van der Waals surface area contributed by atoms with Gasteiger partial charge < -0.3 is 14.4 Å². The minimum atomic E-state index is -0.224. The maximum atomic E-state index is 13.1. The number of nitrogens with zero attached hydrogens (tertiary/aromatic N) is 2. The summed E-state index contributed by atoms with van der Waals surface area (Å²) in [5.41, 5.74) is 5.47. The molecule has 150 valence electrons. The summed E-state index contributed by atoms with van der Waals surface area (Å²) in [6, 6.07) is 15.9. The molecule has 4 rings (SSSR count). The van der Waals surface area contributed by atoms with Gasteiger partial charge in [-0.25, -0.2) is 0 Å². The van der Waals surface area contributed by atoms with Gasteiger partial charge in [-0.2, -0.15) is 5.10 Å². The Labute approximate surface area is 170 Å². The summed E-state index contributed by atoms with van der Waals surface area (Å²) >= 11 is 0. The molecular weight excluding hydrogens is 366 g/mol. The predicted octanol–water partition coefficient (Wildman–Crippen LogP) is 3.98. The second kappa shape index (κ2) is 8.09. The molecule has 1 N–H and O–H groups in total. The molecule has 0 bridgehead atoms. The maximum Gasteiger partial charge on any atom is 0.273 e. The van der Waals surface area contributed by atoms with Crippen LogP contribution in [0.1, 0.15) is 40.1 Å². The van der Waals surface area contributed by atoms with E-state index >= 15 is 0 Å². The number of ether oxygens (including phenoxy) is 2. The third-order valence-electron chi connectivity index (χ3n) is 5.23. The highest BCUT2D eigenvalue weighted by Gasteiger charge is 2.41. The molecule has 6 heteroatoms. The van der Waals surface area contributed by atoms with Gasteiger partial charge >= 0.3 is 0 Å². The molecule has 6 nitrogen and oxygen atoms in total. The van der Waals surface area contributed by atoms with Gasteiger partial charge in [0.05, 0.1) is 24.9 Å². The van der Waals surface area contributed by atoms with Crippen molar-refractivity contribution in [3.8, 4) is 17.0 Å². The Morgan fingerprint density at radius 2 is 1.83 bits per heavy atom. The highest BCUT2D eigenvalue weighted by molar-refractivity contribution is 6.00. The summed E-state index contributed by atoms with van der Waals surface area (Å²) < 4.78 is 10.8. The molecule has 1 amide bonds. The number of amides is 1. The highest BCUT2D eigenvalue weighted by atomic mass is 16.5. The van der Waals surface area contributed by atoms with Crippen LogP contribution < -0.4 is 4.74 Å². The molecule has 0 fully saturated rings. The standard InChI is InChI=1S/C23H25N3O3/c1-4-29-18-11-9-17(10-12-18)22-19-20(16-7-5-15(2)6-8-16)24-25-21(19)23(27)26(22)13-14-28-3/h5-12,22H,4,13-14H2,1-3H3,(H,24,25). The van der Waals surface area contributed by atoms with E-state index in [1.165, 1.54) is 5.56 Å². The van der Waals surface area contributed by atoms with Crippen LogP contribution in [0.2, 0.25) is 0 Å². The van der Waals surface area contributed by atoms with Crippen LogP contribution >= 0.6 is 0 Å². The Hall–Kier alpha value is -3.12. The van der Waals surface area contributed by atoms with E-state index in [4.69, 9.17) is 9.47 Å². The number of aromatic nitrogens is 2. The van der Waals surface area contributed by atoms with Gasteiger partial charge in [-0.05, 0) is 31.5 Å². The zero-order valence-corrected chi connectivity index (χ0v) is 16.9. The molecule has 1 unspecified atom stereocenters. The van der Waals surface area contributed by atoms with Crippen molar-refractivity contribution in [1.29, 1.82) is 0 Å². The van der Waals surface area contributed by atoms with E-state index < -0.39 is 0 Å². The summed E-state index contributed by atoms with van der Waals surface area (Å²) in [5, 5.41) is 7.48. The first-order valence-corrected chi connectivity index (χ1v) is 9.82. The molecule has 29 heavy (non-hydrogen) atoms. The zero-order chi connectivity index (χ0) is 20.4. The summed E-state index contributed by atoms with van der Waals surface area (Å²) in [6.07, 6.45) is 0. The molecule has 1 aromatic heterocycles. The highest BCUT2D eigenvalue weighted by Crippen LogP contribution is 2.42. The molecule has 0 saturated carbocycles. The lowest BCUT2D eigenvalue weighted by Gasteiger charge is -2.26. The SMILES string of the molecule is CCOc1ccc(C2c3c(-c4ccc(C)cc4)n[nH]c3C(=O)N2CCOC)cc1. The van der Waals surface area contributed by atoms with Gasteiger partial charge in [0, 0.05) is 24.8 Å². The first-order valence-electron chi connectivity index (χ1n) is 9.82. The van der Waals surface area contributed by atoms with Crippen LogP contribution in [0.3, 0.4) is 0 Å². The Balaban J connectivity index is 1.80. The van der Waals surface area contributed by atoms with Crippen molar-refractivity contribution < 1.29 is 14.3 Å². The number of benzene rings is 2. The fraction of sp³-hybridized carbons (Fsp3) is 0.304. The largest absolute Gasteiger partial charge is 0.494 e. The molecule has 0 saturated heterocycles. The van der Waals surface area contributed by atoms with Crippen molar-refractivity contribution in [3.63, 3.8) is 0 Å². The number of fused-ring (bicyclic) bond motifs is 1. The van der Waals surface area contributed by atoms with E-state index in [0.29, 0.717) is 25.5 Å². The molecule has 1 aliphatic heterocycles. The van der Waals surface area contributed by atoms with E-state index in [9.17, 15) is 4.79 Å². The predicted molar refractivity (Wildman–Crippen MR) is 111 cm³/mol. The lowest BCUT2D eigenvalue weighted by molar-refractivity contribution is 0.0677. The quantitative estimate of drug-likeness (QED) is 0.662. The number of carbonyl (C=O) groups excluding carboxylic acids is 1. The first-order chi connectivity index (χ1) is 14.1. The van der Waals surface area contributed by atoms with Crippen LogP contribution in [-0.4, -0.2) is 47.9 Å². The number of aromatic amines is 1. The zero-order valence-electron chi connectivity index (χ0n) is 16.9. The van der Waals surface area contributed by atoms with E-state index in [0.717, 1.165) is 28.1 Å². The second-order valence-corrected chi connectivity index (χ2v) is 7.12. The van der Waals surface area contributed by atoms with Crippen LogP contribution in [0, 0.1) is 6.92 Å². The van der Waals surface area contributed by atoms with Crippen molar-refractivity contribution >= 4 is 5.91 Å². The number of nitrogens with one attached hydrogen (secondary N) is 1. The third-order valence-corrected chi connectivity index (χ3v) is 5.23. The Morgan fingerprint density at radius 3 is 2.48 bits per heavy atom. The fourth-order valence-corrected chi connectivity index (χ4v) is 3.81. The molecule has 2 aromatic carbocycles. The number of hydrogen-bond acceptors (Lipinski definition) is 4. The number of methoxy groups -OCH3 is 1. The number of aryl methyl sites for hydroxylation is 1. The van der Waals surface area contributed by atoms with Crippen molar-refractivity contribution in [2.24, 2.45) is 0 Å². The van der Waals surface area contributed by atoms with Gasteiger partial charge in [0.15, 0.2) is 0 Å². The van der Waals surface area contributed by atoms with Crippen LogP contribution in [-0.2, 0) is 4.74 Å². The lowest BCUT2D eigenvalue weighted by atomic mass is 9.95. The smallest absolute Gasteiger partial charge is 0.273 e. The van der Waals surface area contributed by atoms with Crippen LogP contribution in [0.4, 0.5) is 0 Å². The first kappa shape index (κ1) is 19.2. The van der Waals surface area contributed by atoms with Crippen LogP contribution in [0.5, 0.6) is 5.75 Å². The topological polar surface area (TPSA) is 67.5 Å². The molecule has 0 spiro atoms. The van der Waals surface area contributed by atoms with Gasteiger partial charge in [-0.3, -0.25) is 9.89 Å². The van der Waals surface area contributed by atoms with E-state index in [1.54, 1.807) is 7.11 Å². The second-order valence-electron chi connectivity index (χ2n) is 7.12. The molecule has 1 aliphatic rings.